The summed E-state index contributed by atoms with van der Waals surface area (Å²) in [6.45, 7) is 6.41. The van der Waals surface area contributed by atoms with Gasteiger partial charge in [-0.1, -0.05) is 12.1 Å². The van der Waals surface area contributed by atoms with Crippen LogP contribution >= 0.6 is 0 Å². The van der Waals surface area contributed by atoms with E-state index in [1.807, 2.05) is 32.0 Å². The van der Waals surface area contributed by atoms with Crippen LogP contribution in [0.15, 0.2) is 36.4 Å². The SMILES string of the molecule is CC(C)Oc1ccc(COc2ccc3c(c2)CN(CCC(=O)O)CCC3)cc1C#N. The predicted molar refractivity (Wildman–Crippen MR) is 114 cm³/mol. The Hall–Kier alpha value is -3.04. The molecule has 2 aromatic carbocycles. The lowest BCUT2D eigenvalue weighted by Crippen LogP contribution is -2.26. The first-order valence-corrected chi connectivity index (χ1v) is 10.3. The lowest BCUT2D eigenvalue weighted by molar-refractivity contribution is -0.137. The van der Waals surface area contributed by atoms with Gasteiger partial charge in [0.1, 0.15) is 24.2 Å². The number of nitriles is 1. The zero-order valence-electron chi connectivity index (χ0n) is 17.6. The molecule has 0 fully saturated rings. The third-order valence-corrected chi connectivity index (χ3v) is 5.07. The first kappa shape index (κ1) is 21.7. The molecular weight excluding hydrogens is 380 g/mol. The quantitative estimate of drug-likeness (QED) is 0.707. The summed E-state index contributed by atoms with van der Waals surface area (Å²) in [4.78, 5) is 13.1. The molecule has 158 valence electrons. The molecule has 30 heavy (non-hydrogen) atoms. The van der Waals surface area contributed by atoms with Crippen molar-refractivity contribution < 1.29 is 19.4 Å². The summed E-state index contributed by atoms with van der Waals surface area (Å²) >= 11 is 0. The van der Waals surface area contributed by atoms with Crippen LogP contribution in [0.1, 0.15) is 48.9 Å². The number of hydrogen-bond acceptors (Lipinski definition) is 5. The molecule has 0 saturated heterocycles. The highest BCUT2D eigenvalue weighted by Crippen LogP contribution is 2.26. The van der Waals surface area contributed by atoms with Crippen LogP contribution in [0.25, 0.3) is 0 Å². The lowest BCUT2D eigenvalue weighted by atomic mass is 10.0. The van der Waals surface area contributed by atoms with Crippen molar-refractivity contribution in [2.45, 2.75) is 52.4 Å². The maximum absolute atomic E-state index is 10.9. The number of carboxylic acid groups (broad SMARTS) is 1. The van der Waals surface area contributed by atoms with Crippen molar-refractivity contribution in [3.63, 3.8) is 0 Å². The standard InChI is InChI=1S/C24H28N2O4/c1-17(2)30-23-8-5-18(12-20(23)14-25)16-29-22-7-6-19-4-3-10-26(11-9-24(27)28)15-21(19)13-22/h5-8,12-13,17H,3-4,9-11,15-16H2,1-2H3,(H,27,28). The minimum absolute atomic E-state index is 0.00819. The van der Waals surface area contributed by atoms with E-state index in [2.05, 4.69) is 23.1 Å². The molecule has 3 rings (SSSR count). The third kappa shape index (κ3) is 5.98. The number of fused-ring (bicyclic) bond motifs is 1. The van der Waals surface area contributed by atoms with E-state index in [1.165, 1.54) is 11.1 Å². The number of carbonyl (C=O) groups is 1. The van der Waals surface area contributed by atoms with Crippen LogP contribution in [0.5, 0.6) is 11.5 Å². The molecule has 0 amide bonds. The van der Waals surface area contributed by atoms with Gasteiger partial charge in [-0.2, -0.15) is 5.26 Å². The summed E-state index contributed by atoms with van der Waals surface area (Å²) in [5.74, 6) is 0.593. The zero-order chi connectivity index (χ0) is 21.5. The topological polar surface area (TPSA) is 82.8 Å². The smallest absolute Gasteiger partial charge is 0.304 e. The molecule has 0 aromatic heterocycles. The monoisotopic (exact) mass is 408 g/mol. The number of carboxylic acids is 1. The fourth-order valence-electron chi connectivity index (χ4n) is 3.62. The van der Waals surface area contributed by atoms with Gasteiger partial charge in [-0.05, 0) is 74.2 Å². The molecule has 1 aliphatic heterocycles. The van der Waals surface area contributed by atoms with E-state index in [-0.39, 0.29) is 12.5 Å². The van der Waals surface area contributed by atoms with Crippen LogP contribution in [-0.4, -0.2) is 35.2 Å². The lowest BCUT2D eigenvalue weighted by Gasteiger charge is -2.19. The van der Waals surface area contributed by atoms with Crippen molar-refractivity contribution in [2.75, 3.05) is 13.1 Å². The molecule has 6 heteroatoms. The fourth-order valence-corrected chi connectivity index (χ4v) is 3.62. The zero-order valence-corrected chi connectivity index (χ0v) is 17.6. The Morgan fingerprint density at radius 1 is 1.23 bits per heavy atom. The van der Waals surface area contributed by atoms with Crippen molar-refractivity contribution in [1.82, 2.24) is 4.90 Å². The number of rotatable bonds is 8. The summed E-state index contributed by atoms with van der Waals surface area (Å²) in [7, 11) is 0. The second-order valence-corrected chi connectivity index (χ2v) is 7.85. The largest absolute Gasteiger partial charge is 0.490 e. The Morgan fingerprint density at radius 3 is 2.80 bits per heavy atom. The van der Waals surface area contributed by atoms with Crippen molar-refractivity contribution in [1.29, 1.82) is 5.26 Å². The van der Waals surface area contributed by atoms with Gasteiger partial charge in [-0.3, -0.25) is 9.69 Å². The summed E-state index contributed by atoms with van der Waals surface area (Å²) in [5, 5.41) is 18.3. The fraction of sp³-hybridized carbons (Fsp3) is 0.417. The van der Waals surface area contributed by atoms with Gasteiger partial charge < -0.3 is 14.6 Å². The maximum atomic E-state index is 10.9. The minimum Gasteiger partial charge on any atom is -0.490 e. The third-order valence-electron chi connectivity index (χ3n) is 5.07. The predicted octanol–water partition coefficient (Wildman–Crippen LogP) is 4.15. The molecule has 1 heterocycles. The van der Waals surface area contributed by atoms with Crippen molar-refractivity contribution in [3.8, 4) is 17.6 Å². The van der Waals surface area contributed by atoms with Gasteiger partial charge >= 0.3 is 5.97 Å². The van der Waals surface area contributed by atoms with Gasteiger partial charge in [-0.25, -0.2) is 0 Å². The molecule has 0 saturated carbocycles. The van der Waals surface area contributed by atoms with Gasteiger partial charge in [0.15, 0.2) is 0 Å². The summed E-state index contributed by atoms with van der Waals surface area (Å²) in [6, 6.07) is 13.8. The highest BCUT2D eigenvalue weighted by atomic mass is 16.5. The van der Waals surface area contributed by atoms with Gasteiger partial charge in [0.25, 0.3) is 0 Å². The molecule has 1 aliphatic rings. The van der Waals surface area contributed by atoms with E-state index >= 15 is 0 Å². The Morgan fingerprint density at radius 2 is 2.07 bits per heavy atom. The second-order valence-electron chi connectivity index (χ2n) is 7.85. The first-order valence-electron chi connectivity index (χ1n) is 10.3. The van der Waals surface area contributed by atoms with Crippen molar-refractivity contribution in [2.24, 2.45) is 0 Å². The van der Waals surface area contributed by atoms with Crippen LogP contribution in [0.4, 0.5) is 0 Å². The molecular formula is C24H28N2O4. The molecule has 1 N–H and O–H groups in total. The number of aryl methyl sites for hydroxylation is 1. The van der Waals surface area contributed by atoms with Crippen molar-refractivity contribution >= 4 is 5.97 Å². The average Bonchev–Trinajstić information content (AvgIpc) is 2.92. The Kier molecular flexibility index (Phi) is 7.31. The van der Waals surface area contributed by atoms with Gasteiger partial charge in [0.2, 0.25) is 0 Å². The molecule has 0 bridgehead atoms. The second kappa shape index (κ2) is 10.1. The maximum Gasteiger partial charge on any atom is 0.304 e. The summed E-state index contributed by atoms with van der Waals surface area (Å²) in [5.41, 5.74) is 3.89. The molecule has 0 spiro atoms. The highest BCUT2D eigenvalue weighted by Gasteiger charge is 2.16. The number of hydrogen-bond donors (Lipinski definition) is 1. The van der Waals surface area contributed by atoms with Crippen LogP contribution in [0, 0.1) is 11.3 Å². The molecule has 6 nitrogen and oxygen atoms in total. The summed E-state index contributed by atoms with van der Waals surface area (Å²) in [6.07, 6.45) is 2.17. The van der Waals surface area contributed by atoms with Crippen LogP contribution < -0.4 is 9.47 Å². The molecule has 0 aliphatic carbocycles. The van der Waals surface area contributed by atoms with Crippen LogP contribution in [0.2, 0.25) is 0 Å². The van der Waals surface area contributed by atoms with E-state index in [0.29, 0.717) is 24.5 Å². The van der Waals surface area contributed by atoms with Crippen molar-refractivity contribution in [3.05, 3.63) is 58.7 Å². The minimum atomic E-state index is -0.766. The van der Waals surface area contributed by atoms with Crippen LogP contribution in [0.3, 0.4) is 0 Å². The van der Waals surface area contributed by atoms with E-state index < -0.39 is 5.97 Å². The molecule has 2 aromatic rings. The number of benzene rings is 2. The summed E-state index contributed by atoms with van der Waals surface area (Å²) < 4.78 is 11.7. The first-order chi connectivity index (χ1) is 14.4. The molecule has 0 atom stereocenters. The Labute approximate surface area is 177 Å². The van der Waals surface area contributed by atoms with E-state index in [9.17, 15) is 10.1 Å². The molecule has 0 unspecified atom stereocenters. The Bertz CT molecular complexity index is 933. The van der Waals surface area contributed by atoms with Gasteiger partial charge in [-0.15, -0.1) is 0 Å². The van der Waals surface area contributed by atoms with E-state index in [1.54, 1.807) is 6.07 Å². The van der Waals surface area contributed by atoms with Crippen LogP contribution in [-0.2, 0) is 24.4 Å². The normalized spacial score (nSPS) is 13.9. The highest BCUT2D eigenvalue weighted by molar-refractivity contribution is 5.66. The van der Waals surface area contributed by atoms with Gasteiger partial charge in [0, 0.05) is 13.1 Å². The molecule has 0 radical (unpaired) electrons. The number of ether oxygens (including phenoxy) is 2. The Balaban J connectivity index is 1.67. The van der Waals surface area contributed by atoms with E-state index in [0.717, 1.165) is 37.2 Å². The number of aliphatic carboxylic acids is 1. The van der Waals surface area contributed by atoms with E-state index in [4.69, 9.17) is 14.6 Å². The average molecular weight is 408 g/mol. The number of nitrogens with zero attached hydrogens (tertiary/aromatic N) is 2. The van der Waals surface area contributed by atoms with Gasteiger partial charge in [0.05, 0.1) is 18.1 Å².